The van der Waals surface area contributed by atoms with E-state index in [1.807, 2.05) is 48.7 Å². The Kier molecular flexibility index (Phi) is 7.60. The number of nitrogens with zero attached hydrogens (tertiary/aromatic N) is 2. The SMILES string of the molecule is CCOC(=O)C1=C(C)NC(C)=C(C(=O)OCC)C1c1cn(-c2ccccc2)nc1-c1ccc(Cl)cc1. The van der Waals surface area contributed by atoms with Crippen LogP contribution in [0.15, 0.2) is 83.3 Å². The molecule has 2 aromatic carbocycles. The van der Waals surface area contributed by atoms with Gasteiger partial charge in [0.25, 0.3) is 0 Å². The molecule has 1 N–H and O–H groups in total. The van der Waals surface area contributed by atoms with E-state index in [-0.39, 0.29) is 13.2 Å². The fourth-order valence-electron chi connectivity index (χ4n) is 4.41. The van der Waals surface area contributed by atoms with Crippen LogP contribution in [0.1, 0.15) is 39.2 Å². The van der Waals surface area contributed by atoms with E-state index in [0.29, 0.717) is 38.8 Å². The van der Waals surface area contributed by atoms with E-state index >= 15 is 0 Å². The van der Waals surface area contributed by atoms with Crippen LogP contribution in [-0.4, -0.2) is 34.9 Å². The molecule has 0 aliphatic carbocycles. The van der Waals surface area contributed by atoms with Crippen LogP contribution in [0.2, 0.25) is 5.02 Å². The zero-order valence-corrected chi connectivity index (χ0v) is 21.4. The first-order valence-electron chi connectivity index (χ1n) is 11.8. The third-order valence-corrected chi connectivity index (χ3v) is 6.19. The largest absolute Gasteiger partial charge is 0.463 e. The van der Waals surface area contributed by atoms with E-state index in [9.17, 15) is 9.59 Å². The van der Waals surface area contributed by atoms with Gasteiger partial charge in [-0.1, -0.05) is 41.9 Å². The predicted octanol–water partition coefficient (Wildman–Crippen LogP) is 5.55. The molecule has 3 aromatic rings. The third kappa shape index (κ3) is 4.93. The molecule has 0 radical (unpaired) electrons. The summed E-state index contributed by atoms with van der Waals surface area (Å²) in [5.74, 6) is -1.76. The summed E-state index contributed by atoms with van der Waals surface area (Å²) < 4.78 is 12.6. The number of allylic oxidation sites excluding steroid dienone is 2. The van der Waals surface area contributed by atoms with Crippen LogP contribution in [0.5, 0.6) is 0 Å². The number of hydrogen-bond acceptors (Lipinski definition) is 6. The van der Waals surface area contributed by atoms with E-state index in [1.54, 1.807) is 44.5 Å². The second kappa shape index (κ2) is 10.8. The number of para-hydroxylation sites is 1. The minimum Gasteiger partial charge on any atom is -0.463 e. The van der Waals surface area contributed by atoms with Gasteiger partial charge in [0.15, 0.2) is 0 Å². The number of rotatable bonds is 7. The van der Waals surface area contributed by atoms with Gasteiger partial charge >= 0.3 is 11.9 Å². The van der Waals surface area contributed by atoms with Gasteiger partial charge in [0, 0.05) is 33.7 Å². The van der Waals surface area contributed by atoms with E-state index in [1.165, 1.54) is 0 Å². The molecule has 2 heterocycles. The first kappa shape index (κ1) is 25.3. The van der Waals surface area contributed by atoms with Gasteiger partial charge in [0.2, 0.25) is 0 Å². The van der Waals surface area contributed by atoms with Gasteiger partial charge in [-0.25, -0.2) is 14.3 Å². The number of carbonyl (C=O) groups is 2. The Morgan fingerprint density at radius 2 is 1.47 bits per heavy atom. The summed E-state index contributed by atoms with van der Waals surface area (Å²) in [6.07, 6.45) is 1.86. The molecule has 0 atom stereocenters. The zero-order chi connectivity index (χ0) is 25.8. The average molecular weight is 506 g/mol. The van der Waals surface area contributed by atoms with Crippen LogP contribution in [0.4, 0.5) is 0 Å². The second-order valence-corrected chi connectivity index (χ2v) is 8.73. The van der Waals surface area contributed by atoms with E-state index in [4.69, 9.17) is 26.2 Å². The highest BCUT2D eigenvalue weighted by atomic mass is 35.5. The highest BCUT2D eigenvalue weighted by Gasteiger charge is 2.40. The van der Waals surface area contributed by atoms with Gasteiger partial charge in [0.05, 0.1) is 41.7 Å². The summed E-state index contributed by atoms with van der Waals surface area (Å²) in [4.78, 5) is 26.5. The number of benzene rings is 2. The molecule has 0 unspecified atom stereocenters. The molecule has 186 valence electrons. The molecular weight excluding hydrogens is 478 g/mol. The summed E-state index contributed by atoms with van der Waals surface area (Å²) in [7, 11) is 0. The summed E-state index contributed by atoms with van der Waals surface area (Å²) in [6.45, 7) is 7.50. The lowest BCUT2D eigenvalue weighted by molar-refractivity contribution is -0.139. The number of halogens is 1. The number of esters is 2. The molecule has 0 bridgehead atoms. The smallest absolute Gasteiger partial charge is 0.336 e. The van der Waals surface area contributed by atoms with Crippen molar-refractivity contribution < 1.29 is 19.1 Å². The summed E-state index contributed by atoms with van der Waals surface area (Å²) in [5, 5.41) is 8.66. The lowest BCUT2D eigenvalue weighted by Crippen LogP contribution is -2.32. The van der Waals surface area contributed by atoms with Crippen molar-refractivity contribution in [3.8, 4) is 16.9 Å². The Balaban J connectivity index is 2.00. The highest BCUT2D eigenvalue weighted by molar-refractivity contribution is 6.30. The monoisotopic (exact) mass is 505 g/mol. The minimum absolute atomic E-state index is 0.201. The van der Waals surface area contributed by atoms with Crippen molar-refractivity contribution in [1.29, 1.82) is 0 Å². The quantitative estimate of drug-likeness (QED) is 0.424. The Hall–Kier alpha value is -3.84. The first-order valence-corrected chi connectivity index (χ1v) is 12.2. The van der Waals surface area contributed by atoms with Crippen molar-refractivity contribution in [2.24, 2.45) is 0 Å². The average Bonchev–Trinajstić information content (AvgIpc) is 3.30. The molecule has 0 amide bonds. The molecule has 0 fully saturated rings. The topological polar surface area (TPSA) is 82.5 Å². The van der Waals surface area contributed by atoms with E-state index in [0.717, 1.165) is 11.3 Å². The maximum Gasteiger partial charge on any atom is 0.336 e. The van der Waals surface area contributed by atoms with Crippen LogP contribution >= 0.6 is 11.6 Å². The van der Waals surface area contributed by atoms with Crippen LogP contribution in [0, 0.1) is 0 Å². The van der Waals surface area contributed by atoms with Gasteiger partial charge in [-0.3, -0.25) is 0 Å². The lowest BCUT2D eigenvalue weighted by Gasteiger charge is -2.30. The van der Waals surface area contributed by atoms with Gasteiger partial charge < -0.3 is 14.8 Å². The zero-order valence-electron chi connectivity index (χ0n) is 20.7. The number of dihydropyridines is 1. The van der Waals surface area contributed by atoms with E-state index < -0.39 is 17.9 Å². The molecule has 36 heavy (non-hydrogen) atoms. The molecule has 4 rings (SSSR count). The van der Waals surface area contributed by atoms with Gasteiger partial charge in [-0.2, -0.15) is 5.10 Å². The number of nitrogens with one attached hydrogen (secondary N) is 1. The standard InChI is InChI=1S/C28H28ClN3O4/c1-5-35-27(33)23-17(3)30-18(4)24(28(34)36-6-2)25(23)22-16-32(21-10-8-7-9-11-21)31-26(22)19-12-14-20(29)15-13-19/h7-16,25,30H,5-6H2,1-4H3. The van der Waals surface area contributed by atoms with Gasteiger partial charge in [-0.05, 0) is 52.0 Å². The molecule has 1 aromatic heterocycles. The highest BCUT2D eigenvalue weighted by Crippen LogP contribution is 2.43. The number of carbonyl (C=O) groups excluding carboxylic acids is 2. The van der Waals surface area contributed by atoms with Crippen LogP contribution < -0.4 is 5.32 Å². The molecule has 1 aliphatic rings. The molecular formula is C28H28ClN3O4. The molecule has 8 heteroatoms. The maximum absolute atomic E-state index is 13.3. The lowest BCUT2D eigenvalue weighted by atomic mass is 9.79. The molecule has 0 saturated carbocycles. The van der Waals surface area contributed by atoms with E-state index in [2.05, 4.69) is 5.32 Å². The van der Waals surface area contributed by atoms with Crippen molar-refractivity contribution in [3.63, 3.8) is 0 Å². The van der Waals surface area contributed by atoms with Crippen molar-refractivity contribution >= 4 is 23.5 Å². The van der Waals surface area contributed by atoms with Crippen LogP contribution in [0.3, 0.4) is 0 Å². The Labute approximate surface area is 215 Å². The normalized spacial score (nSPS) is 14.0. The van der Waals surface area contributed by atoms with Crippen LogP contribution in [0.25, 0.3) is 16.9 Å². The fourth-order valence-corrected chi connectivity index (χ4v) is 4.53. The van der Waals surface area contributed by atoms with Gasteiger partial charge in [0.1, 0.15) is 0 Å². The first-order chi connectivity index (χ1) is 17.3. The van der Waals surface area contributed by atoms with Crippen molar-refractivity contribution in [2.45, 2.75) is 33.6 Å². The number of hydrogen-bond donors (Lipinski definition) is 1. The van der Waals surface area contributed by atoms with Gasteiger partial charge in [-0.15, -0.1) is 0 Å². The van der Waals surface area contributed by atoms with Crippen molar-refractivity contribution in [1.82, 2.24) is 15.1 Å². The summed E-state index contributed by atoms with van der Waals surface area (Å²) >= 11 is 6.15. The summed E-state index contributed by atoms with van der Waals surface area (Å²) in [6, 6.07) is 16.9. The van der Waals surface area contributed by atoms with Crippen molar-refractivity contribution in [2.75, 3.05) is 13.2 Å². The fraction of sp³-hybridized carbons (Fsp3) is 0.250. The molecule has 7 nitrogen and oxygen atoms in total. The third-order valence-electron chi connectivity index (χ3n) is 5.94. The number of ether oxygens (including phenoxy) is 2. The van der Waals surface area contributed by atoms with Crippen molar-refractivity contribution in [3.05, 3.63) is 93.9 Å². The van der Waals surface area contributed by atoms with Crippen LogP contribution in [-0.2, 0) is 19.1 Å². The number of aromatic nitrogens is 2. The Morgan fingerprint density at radius 1 is 0.917 bits per heavy atom. The molecule has 1 aliphatic heterocycles. The molecule has 0 spiro atoms. The Bertz CT molecular complexity index is 1300. The summed E-state index contributed by atoms with van der Waals surface area (Å²) in [5.41, 5.74) is 4.83. The molecule has 0 saturated heterocycles. The second-order valence-electron chi connectivity index (χ2n) is 8.30. The maximum atomic E-state index is 13.3. The minimum atomic E-state index is -0.757. The Morgan fingerprint density at radius 3 is 2.00 bits per heavy atom. The predicted molar refractivity (Wildman–Crippen MR) is 139 cm³/mol.